The maximum Gasteiger partial charge on any atom is 0.255 e. The molecule has 0 atom stereocenters. The number of anilines is 1. The Hall–Kier alpha value is -2.04. The third-order valence-electron chi connectivity index (χ3n) is 4.91. The Morgan fingerprint density at radius 2 is 1.88 bits per heavy atom. The average molecular weight is 373 g/mol. The molecule has 0 radical (unpaired) electrons. The molecule has 0 aliphatic carbocycles. The fraction of sp³-hybridized carbons (Fsp3) is 0.381. The number of halogens is 1. The van der Waals surface area contributed by atoms with E-state index in [0.29, 0.717) is 22.0 Å². The largest absolute Gasteiger partial charge is 0.495 e. The molecule has 1 fully saturated rings. The van der Waals surface area contributed by atoms with Crippen LogP contribution in [0.25, 0.3) is 0 Å². The van der Waals surface area contributed by atoms with Crippen LogP contribution in [0.15, 0.2) is 42.5 Å². The highest BCUT2D eigenvalue weighted by Gasteiger charge is 2.16. The van der Waals surface area contributed by atoms with Crippen LogP contribution in [0.1, 0.15) is 35.7 Å². The van der Waals surface area contributed by atoms with Gasteiger partial charge in [-0.25, -0.2) is 0 Å². The zero-order valence-electron chi connectivity index (χ0n) is 15.3. The van der Waals surface area contributed by atoms with Crippen molar-refractivity contribution in [1.82, 2.24) is 4.90 Å². The van der Waals surface area contributed by atoms with E-state index in [1.54, 1.807) is 25.3 Å². The van der Waals surface area contributed by atoms with Gasteiger partial charge in [-0.1, -0.05) is 30.7 Å². The lowest BCUT2D eigenvalue weighted by atomic mass is 9.99. The van der Waals surface area contributed by atoms with Crippen LogP contribution in [0.3, 0.4) is 0 Å². The van der Waals surface area contributed by atoms with E-state index in [4.69, 9.17) is 16.3 Å². The van der Waals surface area contributed by atoms with Crippen LogP contribution in [-0.4, -0.2) is 31.0 Å². The minimum atomic E-state index is -0.177. The molecule has 1 amide bonds. The number of methoxy groups -OCH3 is 1. The highest BCUT2D eigenvalue weighted by molar-refractivity contribution is 6.31. The van der Waals surface area contributed by atoms with Gasteiger partial charge in [0.1, 0.15) is 5.75 Å². The summed E-state index contributed by atoms with van der Waals surface area (Å²) >= 11 is 6.01. The van der Waals surface area contributed by atoms with E-state index in [9.17, 15) is 4.79 Å². The predicted molar refractivity (Wildman–Crippen MR) is 106 cm³/mol. The topological polar surface area (TPSA) is 41.6 Å². The van der Waals surface area contributed by atoms with Gasteiger partial charge in [0.05, 0.1) is 12.8 Å². The first-order chi connectivity index (χ1) is 12.5. The normalized spacial score (nSPS) is 15.7. The van der Waals surface area contributed by atoms with Gasteiger partial charge in [-0.05, 0) is 67.7 Å². The summed E-state index contributed by atoms with van der Waals surface area (Å²) in [5, 5.41) is 3.41. The van der Waals surface area contributed by atoms with E-state index in [1.165, 1.54) is 18.4 Å². The number of hydrogen-bond acceptors (Lipinski definition) is 3. The van der Waals surface area contributed by atoms with Crippen molar-refractivity contribution >= 4 is 23.2 Å². The minimum Gasteiger partial charge on any atom is -0.495 e. The van der Waals surface area contributed by atoms with Gasteiger partial charge in [-0.3, -0.25) is 9.69 Å². The number of carbonyl (C=O) groups excluding carboxylic acids is 1. The molecule has 3 rings (SSSR count). The second-order valence-electron chi connectivity index (χ2n) is 6.95. The standard InChI is InChI=1S/C21H25ClN2O2/c1-15-9-11-24(12-10-15)14-16-3-5-17(6-4-16)21(25)23-19-13-18(22)7-8-20(19)26-2/h3-8,13,15H,9-12,14H2,1-2H3,(H,23,25). The molecular formula is C21H25ClN2O2. The summed E-state index contributed by atoms with van der Waals surface area (Å²) in [6.07, 6.45) is 2.53. The fourth-order valence-corrected chi connectivity index (χ4v) is 3.38. The van der Waals surface area contributed by atoms with Gasteiger partial charge in [0.2, 0.25) is 0 Å². The molecule has 0 bridgehead atoms. The Kier molecular flexibility index (Phi) is 6.17. The highest BCUT2D eigenvalue weighted by atomic mass is 35.5. The molecule has 0 aromatic heterocycles. The molecule has 0 spiro atoms. The van der Waals surface area contributed by atoms with Gasteiger partial charge in [-0.2, -0.15) is 0 Å². The zero-order chi connectivity index (χ0) is 18.5. The molecule has 0 saturated carbocycles. The van der Waals surface area contributed by atoms with Crippen LogP contribution in [-0.2, 0) is 6.54 Å². The van der Waals surface area contributed by atoms with Crippen molar-refractivity contribution in [3.05, 3.63) is 58.6 Å². The van der Waals surface area contributed by atoms with Gasteiger partial charge in [0.25, 0.3) is 5.91 Å². The molecule has 1 aliphatic heterocycles. The van der Waals surface area contributed by atoms with Crippen LogP contribution < -0.4 is 10.1 Å². The first kappa shape index (κ1) is 18.7. The molecule has 1 saturated heterocycles. The summed E-state index contributed by atoms with van der Waals surface area (Å²) in [4.78, 5) is 15.0. The van der Waals surface area contributed by atoms with Crippen LogP contribution in [0.2, 0.25) is 5.02 Å². The van der Waals surface area contributed by atoms with Crippen LogP contribution in [0, 0.1) is 5.92 Å². The van der Waals surface area contributed by atoms with Gasteiger partial charge in [0, 0.05) is 17.1 Å². The van der Waals surface area contributed by atoms with Gasteiger partial charge >= 0.3 is 0 Å². The molecule has 2 aromatic rings. The Morgan fingerprint density at radius 1 is 1.19 bits per heavy atom. The average Bonchev–Trinajstić information content (AvgIpc) is 2.64. The molecule has 5 heteroatoms. The highest BCUT2D eigenvalue weighted by Crippen LogP contribution is 2.28. The number of amides is 1. The van der Waals surface area contributed by atoms with E-state index in [-0.39, 0.29) is 5.91 Å². The molecule has 2 aromatic carbocycles. The quantitative estimate of drug-likeness (QED) is 0.817. The van der Waals surface area contributed by atoms with Crippen LogP contribution in [0.4, 0.5) is 5.69 Å². The minimum absolute atomic E-state index is 0.177. The number of nitrogens with zero attached hydrogens (tertiary/aromatic N) is 1. The Bertz CT molecular complexity index is 753. The van der Waals surface area contributed by atoms with E-state index in [1.807, 2.05) is 24.3 Å². The maximum absolute atomic E-state index is 12.5. The molecular weight excluding hydrogens is 348 g/mol. The third-order valence-corrected chi connectivity index (χ3v) is 5.14. The monoisotopic (exact) mass is 372 g/mol. The zero-order valence-corrected chi connectivity index (χ0v) is 16.1. The third kappa shape index (κ3) is 4.77. The summed E-state index contributed by atoms with van der Waals surface area (Å²) in [5.41, 5.74) is 2.41. The van der Waals surface area contributed by atoms with Crippen LogP contribution >= 0.6 is 11.6 Å². The van der Waals surface area contributed by atoms with E-state index in [0.717, 1.165) is 25.6 Å². The smallest absolute Gasteiger partial charge is 0.255 e. The summed E-state index contributed by atoms with van der Waals surface area (Å²) < 4.78 is 5.27. The first-order valence-electron chi connectivity index (χ1n) is 9.01. The lowest BCUT2D eigenvalue weighted by Gasteiger charge is -2.30. The molecule has 1 N–H and O–H groups in total. The Labute approximate surface area is 160 Å². The molecule has 26 heavy (non-hydrogen) atoms. The first-order valence-corrected chi connectivity index (χ1v) is 9.39. The van der Waals surface area contributed by atoms with Crippen molar-refractivity contribution in [3.63, 3.8) is 0 Å². The summed E-state index contributed by atoms with van der Waals surface area (Å²) in [7, 11) is 1.56. The predicted octanol–water partition coefficient (Wildman–Crippen LogP) is 4.83. The van der Waals surface area contributed by atoms with E-state index < -0.39 is 0 Å². The summed E-state index contributed by atoms with van der Waals surface area (Å²) in [6.45, 7) is 5.56. The van der Waals surface area contributed by atoms with Crippen molar-refractivity contribution in [2.45, 2.75) is 26.3 Å². The van der Waals surface area contributed by atoms with E-state index in [2.05, 4.69) is 17.1 Å². The number of ether oxygens (including phenoxy) is 1. The second-order valence-corrected chi connectivity index (χ2v) is 7.39. The SMILES string of the molecule is COc1ccc(Cl)cc1NC(=O)c1ccc(CN2CCC(C)CC2)cc1. The van der Waals surface area contributed by atoms with Crippen molar-refractivity contribution in [1.29, 1.82) is 0 Å². The fourth-order valence-electron chi connectivity index (χ4n) is 3.21. The molecule has 1 heterocycles. The number of piperidine rings is 1. The number of likely N-dealkylation sites (tertiary alicyclic amines) is 1. The van der Waals surface area contributed by atoms with Crippen molar-refractivity contribution in [3.8, 4) is 5.75 Å². The van der Waals surface area contributed by atoms with Crippen molar-refractivity contribution < 1.29 is 9.53 Å². The number of hydrogen-bond donors (Lipinski definition) is 1. The molecule has 4 nitrogen and oxygen atoms in total. The summed E-state index contributed by atoms with van der Waals surface area (Å²) in [5.74, 6) is 1.24. The van der Waals surface area contributed by atoms with Gasteiger partial charge in [0.15, 0.2) is 0 Å². The summed E-state index contributed by atoms with van der Waals surface area (Å²) in [6, 6.07) is 12.9. The number of nitrogens with one attached hydrogen (secondary N) is 1. The van der Waals surface area contributed by atoms with E-state index >= 15 is 0 Å². The number of benzene rings is 2. The van der Waals surface area contributed by atoms with Crippen molar-refractivity contribution in [2.75, 3.05) is 25.5 Å². The molecule has 1 aliphatic rings. The van der Waals surface area contributed by atoms with Gasteiger partial charge in [-0.15, -0.1) is 0 Å². The lowest BCUT2D eigenvalue weighted by molar-refractivity contribution is 0.102. The Morgan fingerprint density at radius 3 is 2.54 bits per heavy atom. The lowest BCUT2D eigenvalue weighted by Crippen LogP contribution is -2.32. The Balaban J connectivity index is 1.63. The molecule has 138 valence electrons. The molecule has 0 unspecified atom stereocenters. The van der Waals surface area contributed by atoms with Crippen LogP contribution in [0.5, 0.6) is 5.75 Å². The van der Waals surface area contributed by atoms with Crippen molar-refractivity contribution in [2.24, 2.45) is 5.92 Å². The maximum atomic E-state index is 12.5. The number of rotatable bonds is 5. The second kappa shape index (κ2) is 8.56. The number of carbonyl (C=O) groups is 1. The van der Waals surface area contributed by atoms with Gasteiger partial charge < -0.3 is 10.1 Å².